The number of aryl methyl sites for hydroxylation is 1. The van der Waals surface area contributed by atoms with Gasteiger partial charge in [0.25, 0.3) is 11.6 Å². The van der Waals surface area contributed by atoms with Gasteiger partial charge in [-0.1, -0.05) is 0 Å². The summed E-state index contributed by atoms with van der Waals surface area (Å²) in [6.07, 6.45) is 0.592. The van der Waals surface area contributed by atoms with E-state index in [2.05, 4.69) is 17.2 Å². The monoisotopic (exact) mass is 246 g/mol. The highest BCUT2D eigenvalue weighted by Crippen LogP contribution is 2.16. The van der Waals surface area contributed by atoms with Crippen LogP contribution in [-0.2, 0) is 0 Å². The van der Waals surface area contributed by atoms with Gasteiger partial charge in [0.1, 0.15) is 0 Å². The smallest absolute Gasteiger partial charge is 0.269 e. The summed E-state index contributed by atoms with van der Waals surface area (Å²) in [4.78, 5) is 21.9. The van der Waals surface area contributed by atoms with Crippen molar-refractivity contribution >= 4 is 11.6 Å². The van der Waals surface area contributed by atoms with Crippen LogP contribution in [0, 0.1) is 28.9 Å². The number of non-ortho nitro benzene ring substituents is 1. The number of carbonyl (C=O) groups is 1. The summed E-state index contributed by atoms with van der Waals surface area (Å²) in [6, 6.07) is 4.18. The van der Waals surface area contributed by atoms with Gasteiger partial charge in [0.05, 0.1) is 4.92 Å². The van der Waals surface area contributed by atoms with Crippen molar-refractivity contribution in [2.24, 2.45) is 0 Å². The first-order chi connectivity index (χ1) is 8.56. The minimum absolute atomic E-state index is 0.0131. The molecule has 0 spiro atoms. The van der Waals surface area contributed by atoms with Gasteiger partial charge in [-0.25, -0.2) is 0 Å². The normalized spacial score (nSPS) is 9.22. The Morgan fingerprint density at radius 3 is 2.78 bits per heavy atom. The second kappa shape index (κ2) is 6.40. The van der Waals surface area contributed by atoms with E-state index >= 15 is 0 Å². The van der Waals surface area contributed by atoms with Gasteiger partial charge in [-0.05, 0) is 25.5 Å². The van der Waals surface area contributed by atoms with Crippen molar-refractivity contribution in [2.45, 2.75) is 20.3 Å². The number of hydrogen-bond donors (Lipinski definition) is 1. The average Bonchev–Trinajstić information content (AvgIpc) is 2.34. The summed E-state index contributed by atoms with van der Waals surface area (Å²) in [7, 11) is 0. The Morgan fingerprint density at radius 1 is 1.50 bits per heavy atom. The maximum absolute atomic E-state index is 11.8. The van der Waals surface area contributed by atoms with Crippen LogP contribution in [0.25, 0.3) is 0 Å². The molecule has 0 aliphatic carbocycles. The molecule has 0 aliphatic rings. The lowest BCUT2D eigenvalue weighted by molar-refractivity contribution is -0.384. The topological polar surface area (TPSA) is 72.2 Å². The van der Waals surface area contributed by atoms with Crippen LogP contribution >= 0.6 is 0 Å². The molecule has 0 bridgehead atoms. The van der Waals surface area contributed by atoms with E-state index in [1.165, 1.54) is 18.2 Å². The molecule has 18 heavy (non-hydrogen) atoms. The van der Waals surface area contributed by atoms with E-state index in [-0.39, 0.29) is 11.6 Å². The molecule has 0 unspecified atom stereocenters. The zero-order chi connectivity index (χ0) is 13.5. The molecular weight excluding hydrogens is 232 g/mol. The minimum Gasteiger partial charge on any atom is -0.351 e. The standard InChI is InChI=1S/C13H14N2O3/c1-3-4-5-8-14-13(16)12-7-6-11(15(17)18)9-10(12)2/h6-7,9H,5,8H2,1-2H3,(H,14,16). The minimum atomic E-state index is -0.481. The van der Waals surface area contributed by atoms with Gasteiger partial charge in [0.15, 0.2) is 0 Å². The lowest BCUT2D eigenvalue weighted by Gasteiger charge is -2.06. The first kappa shape index (κ1) is 13.7. The number of nitro benzene ring substituents is 1. The molecule has 94 valence electrons. The molecule has 1 aromatic rings. The molecule has 0 heterocycles. The maximum atomic E-state index is 11.8. The summed E-state index contributed by atoms with van der Waals surface area (Å²) in [5.41, 5.74) is 1.02. The highest BCUT2D eigenvalue weighted by molar-refractivity contribution is 5.95. The molecule has 0 aromatic heterocycles. The van der Waals surface area contributed by atoms with Crippen LogP contribution in [0.4, 0.5) is 5.69 Å². The van der Waals surface area contributed by atoms with Crippen molar-refractivity contribution in [3.63, 3.8) is 0 Å². The van der Waals surface area contributed by atoms with Crippen LogP contribution in [0.1, 0.15) is 29.3 Å². The lowest BCUT2D eigenvalue weighted by Crippen LogP contribution is -2.24. The van der Waals surface area contributed by atoms with E-state index in [1.54, 1.807) is 13.8 Å². The summed E-state index contributed by atoms with van der Waals surface area (Å²) in [6.45, 7) is 3.88. The van der Waals surface area contributed by atoms with E-state index in [4.69, 9.17) is 0 Å². The fourth-order valence-electron chi connectivity index (χ4n) is 1.47. The number of nitro groups is 1. The van der Waals surface area contributed by atoms with Gasteiger partial charge in [-0.15, -0.1) is 11.8 Å². The van der Waals surface area contributed by atoms with Crippen molar-refractivity contribution in [1.29, 1.82) is 0 Å². The molecule has 0 radical (unpaired) electrons. The quantitative estimate of drug-likeness (QED) is 0.382. The second-order valence-corrected chi connectivity index (χ2v) is 3.69. The molecule has 0 atom stereocenters. The van der Waals surface area contributed by atoms with Gasteiger partial charge in [0.2, 0.25) is 0 Å². The van der Waals surface area contributed by atoms with Crippen LogP contribution in [0.3, 0.4) is 0 Å². The third-order valence-corrected chi connectivity index (χ3v) is 2.38. The molecule has 0 saturated carbocycles. The van der Waals surface area contributed by atoms with Gasteiger partial charge in [-0.3, -0.25) is 14.9 Å². The lowest BCUT2D eigenvalue weighted by atomic mass is 10.1. The molecule has 0 saturated heterocycles. The van der Waals surface area contributed by atoms with Crippen molar-refractivity contribution in [3.05, 3.63) is 39.4 Å². The molecular formula is C13H14N2O3. The molecule has 1 aromatic carbocycles. The third kappa shape index (κ3) is 3.59. The largest absolute Gasteiger partial charge is 0.351 e. The zero-order valence-corrected chi connectivity index (χ0v) is 10.3. The van der Waals surface area contributed by atoms with Crippen LogP contribution in [0.5, 0.6) is 0 Å². The Morgan fingerprint density at radius 2 is 2.22 bits per heavy atom. The number of rotatable bonds is 4. The Bertz CT molecular complexity index is 527. The number of nitrogens with zero attached hydrogens (tertiary/aromatic N) is 1. The zero-order valence-electron chi connectivity index (χ0n) is 10.3. The van der Waals surface area contributed by atoms with Gasteiger partial charge < -0.3 is 5.32 Å². The summed E-state index contributed by atoms with van der Waals surface area (Å²) in [5.74, 6) is 5.34. The number of amides is 1. The van der Waals surface area contributed by atoms with Crippen LogP contribution in [-0.4, -0.2) is 17.4 Å². The maximum Gasteiger partial charge on any atom is 0.269 e. The van der Waals surface area contributed by atoms with Crippen molar-refractivity contribution in [3.8, 4) is 11.8 Å². The third-order valence-electron chi connectivity index (χ3n) is 2.38. The van der Waals surface area contributed by atoms with Crippen molar-refractivity contribution in [1.82, 2.24) is 5.32 Å². The first-order valence-electron chi connectivity index (χ1n) is 5.49. The molecule has 5 heteroatoms. The number of hydrogen-bond acceptors (Lipinski definition) is 3. The molecule has 1 N–H and O–H groups in total. The number of carbonyl (C=O) groups excluding carboxylic acids is 1. The summed E-state index contributed by atoms with van der Waals surface area (Å²) < 4.78 is 0. The Labute approximate surface area is 105 Å². The summed E-state index contributed by atoms with van der Waals surface area (Å²) >= 11 is 0. The number of nitrogens with one attached hydrogen (secondary N) is 1. The SMILES string of the molecule is CC#CCCNC(=O)c1ccc([N+](=O)[O-])cc1C. The van der Waals surface area contributed by atoms with Gasteiger partial charge in [-0.2, -0.15) is 0 Å². The van der Waals surface area contributed by atoms with E-state index < -0.39 is 4.92 Å². The van der Waals surface area contributed by atoms with E-state index in [0.29, 0.717) is 24.1 Å². The molecule has 0 fully saturated rings. The Hall–Kier alpha value is -2.35. The average molecular weight is 246 g/mol. The highest BCUT2D eigenvalue weighted by atomic mass is 16.6. The summed E-state index contributed by atoms with van der Waals surface area (Å²) in [5, 5.41) is 13.3. The number of benzene rings is 1. The van der Waals surface area contributed by atoms with Crippen LogP contribution < -0.4 is 5.32 Å². The first-order valence-corrected chi connectivity index (χ1v) is 5.49. The van der Waals surface area contributed by atoms with E-state index in [1.807, 2.05) is 0 Å². The fourth-order valence-corrected chi connectivity index (χ4v) is 1.47. The molecule has 5 nitrogen and oxygen atoms in total. The Kier molecular flexibility index (Phi) is 4.88. The molecule has 1 amide bonds. The van der Waals surface area contributed by atoms with Gasteiger partial charge in [0, 0.05) is 30.7 Å². The Balaban J connectivity index is 2.73. The highest BCUT2D eigenvalue weighted by Gasteiger charge is 2.12. The second-order valence-electron chi connectivity index (χ2n) is 3.69. The molecule has 0 aliphatic heterocycles. The van der Waals surface area contributed by atoms with Crippen molar-refractivity contribution in [2.75, 3.05) is 6.54 Å². The fraction of sp³-hybridized carbons (Fsp3) is 0.308. The van der Waals surface area contributed by atoms with Gasteiger partial charge >= 0.3 is 0 Å². The van der Waals surface area contributed by atoms with E-state index in [9.17, 15) is 14.9 Å². The molecule has 1 rings (SSSR count). The predicted molar refractivity (Wildman–Crippen MR) is 68.2 cm³/mol. The van der Waals surface area contributed by atoms with Crippen molar-refractivity contribution < 1.29 is 9.72 Å². The van der Waals surface area contributed by atoms with Crippen LogP contribution in [0.15, 0.2) is 18.2 Å². The van der Waals surface area contributed by atoms with E-state index in [0.717, 1.165) is 0 Å². The van der Waals surface area contributed by atoms with Crippen LogP contribution in [0.2, 0.25) is 0 Å². The predicted octanol–water partition coefficient (Wildman–Crippen LogP) is 2.05.